The molecule has 7 nitrogen and oxygen atoms in total. The summed E-state index contributed by atoms with van der Waals surface area (Å²) in [5.41, 5.74) is 2.09. The minimum atomic E-state index is -0.735. The van der Waals surface area contributed by atoms with E-state index in [1.165, 1.54) is 11.3 Å². The molecule has 192 valence electrons. The van der Waals surface area contributed by atoms with Gasteiger partial charge in [-0.25, -0.2) is 9.79 Å². The van der Waals surface area contributed by atoms with Crippen LogP contribution in [0, 0.1) is 0 Å². The number of aromatic nitrogens is 1. The highest BCUT2D eigenvalue weighted by Gasteiger charge is 2.35. The van der Waals surface area contributed by atoms with Crippen molar-refractivity contribution in [2.45, 2.75) is 26.8 Å². The van der Waals surface area contributed by atoms with Crippen LogP contribution < -0.4 is 24.4 Å². The minimum absolute atomic E-state index is 0.210. The largest absolute Gasteiger partial charge is 0.494 e. The van der Waals surface area contributed by atoms with Crippen molar-refractivity contribution in [3.8, 4) is 11.5 Å². The maximum atomic E-state index is 13.8. The summed E-state index contributed by atoms with van der Waals surface area (Å²) in [6, 6.07) is 12.3. The Kier molecular flexibility index (Phi) is 8.45. The van der Waals surface area contributed by atoms with E-state index in [4.69, 9.17) is 14.2 Å². The molecule has 0 fully saturated rings. The molecule has 0 saturated carbocycles. The lowest BCUT2D eigenvalue weighted by molar-refractivity contribution is -0.139. The molecule has 0 aliphatic carbocycles. The number of rotatable bonds is 9. The lowest BCUT2D eigenvalue weighted by Crippen LogP contribution is -2.40. The fourth-order valence-electron chi connectivity index (χ4n) is 4.10. The maximum Gasteiger partial charge on any atom is 0.338 e. The molecular weight excluding hydrogens is 556 g/mol. The third-order valence-corrected chi connectivity index (χ3v) is 7.24. The van der Waals surface area contributed by atoms with Gasteiger partial charge in [0.15, 0.2) is 4.80 Å². The molecule has 37 heavy (non-hydrogen) atoms. The first kappa shape index (κ1) is 26.6. The highest BCUT2D eigenvalue weighted by atomic mass is 79.9. The average molecular weight is 584 g/mol. The first-order chi connectivity index (χ1) is 17.9. The van der Waals surface area contributed by atoms with Gasteiger partial charge in [-0.15, -0.1) is 0 Å². The number of hydrogen-bond acceptors (Lipinski definition) is 7. The van der Waals surface area contributed by atoms with Crippen molar-refractivity contribution in [2.75, 3.05) is 19.8 Å². The molecule has 0 bridgehead atoms. The molecule has 2 aromatic carbocycles. The number of thiazole rings is 1. The Morgan fingerprint density at radius 3 is 2.65 bits per heavy atom. The van der Waals surface area contributed by atoms with Gasteiger partial charge in [-0.05, 0) is 66.5 Å². The van der Waals surface area contributed by atoms with Crippen molar-refractivity contribution in [2.24, 2.45) is 4.99 Å². The van der Waals surface area contributed by atoms with Crippen molar-refractivity contribution < 1.29 is 19.0 Å². The molecule has 3 aromatic rings. The minimum Gasteiger partial charge on any atom is -0.494 e. The molecule has 1 atom stereocenters. The Morgan fingerprint density at radius 2 is 1.95 bits per heavy atom. The molecule has 1 aromatic heterocycles. The molecule has 0 spiro atoms. The molecular formula is C28H27BrN2O5S. The van der Waals surface area contributed by atoms with Gasteiger partial charge in [-0.1, -0.05) is 48.3 Å². The van der Waals surface area contributed by atoms with Crippen molar-refractivity contribution in [1.82, 2.24) is 4.57 Å². The third kappa shape index (κ3) is 5.47. The highest BCUT2D eigenvalue weighted by molar-refractivity contribution is 9.10. The first-order valence-electron chi connectivity index (χ1n) is 11.8. The lowest BCUT2D eigenvalue weighted by Gasteiger charge is -2.26. The smallest absolute Gasteiger partial charge is 0.338 e. The fraction of sp³-hybridized carbons (Fsp3) is 0.250. The highest BCUT2D eigenvalue weighted by Crippen LogP contribution is 2.36. The van der Waals surface area contributed by atoms with Crippen molar-refractivity contribution >= 4 is 39.3 Å². The van der Waals surface area contributed by atoms with Crippen LogP contribution in [-0.2, 0) is 9.53 Å². The molecule has 9 heteroatoms. The molecule has 1 aliphatic rings. The molecule has 0 N–H and O–H groups in total. The second kappa shape index (κ2) is 11.7. The number of hydrogen-bond donors (Lipinski definition) is 0. The Balaban J connectivity index is 1.90. The topological polar surface area (TPSA) is 79.1 Å². The average Bonchev–Trinajstić information content (AvgIpc) is 3.17. The Labute approximate surface area is 227 Å². The predicted octanol–water partition coefficient (Wildman–Crippen LogP) is 4.52. The van der Waals surface area contributed by atoms with Crippen molar-refractivity contribution in [3.05, 3.63) is 102 Å². The van der Waals surface area contributed by atoms with Gasteiger partial charge in [0.05, 0.1) is 33.5 Å². The first-order valence-corrected chi connectivity index (χ1v) is 13.4. The lowest BCUT2D eigenvalue weighted by atomic mass is 9.95. The van der Waals surface area contributed by atoms with Crippen molar-refractivity contribution in [1.29, 1.82) is 0 Å². The van der Waals surface area contributed by atoms with Gasteiger partial charge in [0.2, 0.25) is 0 Å². The summed E-state index contributed by atoms with van der Waals surface area (Å²) in [6.07, 6.45) is 3.48. The molecule has 0 saturated heterocycles. The van der Waals surface area contributed by atoms with E-state index in [-0.39, 0.29) is 12.2 Å². The van der Waals surface area contributed by atoms with Gasteiger partial charge in [-0.3, -0.25) is 9.36 Å². The van der Waals surface area contributed by atoms with E-state index in [2.05, 4.69) is 27.5 Å². The SMILES string of the molecule is C=CCOc1ccc(/C=c2\sc3n(c2=O)C(c2ccccc2OCC)C(C(=O)OCC)=C(C)N=3)cc1Br. The van der Waals surface area contributed by atoms with Crippen LogP contribution in [0.2, 0.25) is 0 Å². The number of carbonyl (C=O) groups excluding carboxylic acids is 1. The fourth-order valence-corrected chi connectivity index (χ4v) is 5.66. The van der Waals surface area contributed by atoms with Gasteiger partial charge < -0.3 is 14.2 Å². The van der Waals surface area contributed by atoms with Crippen LogP contribution in [-0.4, -0.2) is 30.4 Å². The molecule has 0 radical (unpaired) electrons. The zero-order chi connectivity index (χ0) is 26.5. The van der Waals surface area contributed by atoms with Crippen LogP contribution in [0.25, 0.3) is 6.08 Å². The van der Waals surface area contributed by atoms with E-state index in [0.29, 0.717) is 50.9 Å². The Bertz CT molecular complexity index is 1550. The second-order valence-electron chi connectivity index (χ2n) is 8.06. The number of allylic oxidation sites excluding steroid dienone is 1. The predicted molar refractivity (Wildman–Crippen MR) is 148 cm³/mol. The number of halogens is 1. The zero-order valence-corrected chi connectivity index (χ0v) is 23.2. The van der Waals surface area contributed by atoms with Crippen LogP contribution >= 0.6 is 27.3 Å². The number of ether oxygens (including phenoxy) is 3. The van der Waals surface area contributed by atoms with E-state index < -0.39 is 12.0 Å². The van der Waals surface area contributed by atoms with Crippen LogP contribution in [0.3, 0.4) is 0 Å². The number of esters is 1. The van der Waals surface area contributed by atoms with Gasteiger partial charge in [0.25, 0.3) is 5.56 Å². The standard InChI is InChI=1S/C28H27BrN2O5S/c1-5-14-36-22-13-12-18(15-20(22)29)16-23-26(32)31-25(19-10-8-9-11-21(19)34-6-2)24(27(33)35-7-3)17(4)30-28(31)37-23/h5,8-13,15-16,25H,1,6-7,14H2,2-4H3/b23-16-. The normalized spacial score (nSPS) is 15.1. The van der Waals surface area contributed by atoms with E-state index in [1.807, 2.05) is 49.4 Å². The van der Waals surface area contributed by atoms with Gasteiger partial charge in [0.1, 0.15) is 24.1 Å². The van der Waals surface area contributed by atoms with Crippen LogP contribution in [0.5, 0.6) is 11.5 Å². The molecule has 1 unspecified atom stereocenters. The summed E-state index contributed by atoms with van der Waals surface area (Å²) in [4.78, 5) is 32.1. The molecule has 2 heterocycles. The quantitative estimate of drug-likeness (QED) is 0.274. The third-order valence-electron chi connectivity index (χ3n) is 5.64. The zero-order valence-electron chi connectivity index (χ0n) is 20.8. The monoisotopic (exact) mass is 582 g/mol. The number of benzene rings is 2. The summed E-state index contributed by atoms with van der Waals surface area (Å²) < 4.78 is 19.7. The van der Waals surface area contributed by atoms with Crippen molar-refractivity contribution in [3.63, 3.8) is 0 Å². The second-order valence-corrected chi connectivity index (χ2v) is 9.93. The summed E-state index contributed by atoms with van der Waals surface area (Å²) in [5, 5.41) is 0. The molecule has 0 amide bonds. The van der Waals surface area contributed by atoms with Gasteiger partial charge in [-0.2, -0.15) is 0 Å². The van der Waals surface area contributed by atoms with E-state index in [0.717, 1.165) is 10.0 Å². The number of nitrogens with zero attached hydrogens (tertiary/aromatic N) is 2. The van der Waals surface area contributed by atoms with E-state index >= 15 is 0 Å². The van der Waals surface area contributed by atoms with Gasteiger partial charge >= 0.3 is 5.97 Å². The maximum absolute atomic E-state index is 13.8. The number of carbonyl (C=O) groups is 1. The Morgan fingerprint density at radius 1 is 1.16 bits per heavy atom. The van der Waals surface area contributed by atoms with Crippen LogP contribution in [0.1, 0.15) is 37.9 Å². The van der Waals surface area contributed by atoms with Crippen LogP contribution in [0.4, 0.5) is 0 Å². The van der Waals surface area contributed by atoms with Gasteiger partial charge in [0, 0.05) is 5.56 Å². The number of fused-ring (bicyclic) bond motifs is 1. The Hall–Kier alpha value is -3.43. The van der Waals surface area contributed by atoms with E-state index in [9.17, 15) is 9.59 Å². The summed E-state index contributed by atoms with van der Waals surface area (Å²) in [6.45, 7) is 10.1. The molecule has 1 aliphatic heterocycles. The summed E-state index contributed by atoms with van der Waals surface area (Å²) in [7, 11) is 0. The number of para-hydroxylation sites is 1. The molecule has 4 rings (SSSR count). The van der Waals surface area contributed by atoms with E-state index in [1.54, 1.807) is 30.6 Å². The van der Waals surface area contributed by atoms with Crippen LogP contribution in [0.15, 0.2) is 80.6 Å². The summed E-state index contributed by atoms with van der Waals surface area (Å²) in [5.74, 6) is 0.772. The summed E-state index contributed by atoms with van der Waals surface area (Å²) >= 11 is 4.80.